The van der Waals surface area contributed by atoms with Crippen molar-refractivity contribution in [2.24, 2.45) is 17.8 Å². The van der Waals surface area contributed by atoms with Crippen LogP contribution in [0.2, 0.25) is 0 Å². The van der Waals surface area contributed by atoms with Gasteiger partial charge >= 0.3 is 0 Å². The first-order valence-electron chi connectivity index (χ1n) is 33.4. The molecule has 540 valence electrons. The standard InChI is InChI=1S/C67H96N10O17.3ClH/c1-37-33-77-59(60(37)87)65(92)69-32-48(81)30-50(70-61(88)44-11-9-41(10-12-44)43-15-19-47(20-16-43)75-26-24-74(25-27-75)46-17-13-42(14-18-46)40-6-4-3-5-7-40)62(89)71-56(38(2)80)66(93)76-34-49(82)31-51(76)63(90)72-57(55(86)29-39-8-21-52(83)54(85)28-39)64(91)73-58(67(77)94)53(84)22-23-68-45(35-78)36-79;;;/h8-12,15-16,19-21,28,37-38,40,42,45-46,48-51,53,55-60,68,78-87H,3-7,13-14,17-18,22-27,29-36H2,1-2H3,(H,69,92)(H,70,88)(H,71,89)(H,72,90)(H,73,91);3*1H/t37-,38+,42?,46?,48+,49+,50-,51-,53+,55+,56-,57-,58-,59-,60-;;;/m0.../s1. The van der Waals surface area contributed by atoms with Crippen LogP contribution < -0.4 is 36.8 Å². The fourth-order valence-electron chi connectivity index (χ4n) is 14.6. The Balaban J connectivity index is 0.00000495. The van der Waals surface area contributed by atoms with Crippen LogP contribution in [0.3, 0.4) is 0 Å². The summed E-state index contributed by atoms with van der Waals surface area (Å²) in [6.45, 7) is 3.81. The zero-order chi connectivity index (χ0) is 67.5. The maximum Gasteiger partial charge on any atom is 0.251 e. The molecule has 0 radical (unpaired) electrons. The van der Waals surface area contributed by atoms with Gasteiger partial charge in [0.25, 0.3) is 5.91 Å². The highest BCUT2D eigenvalue weighted by molar-refractivity contribution is 6.00. The molecule has 0 aromatic heterocycles. The van der Waals surface area contributed by atoms with Gasteiger partial charge in [0.2, 0.25) is 35.4 Å². The van der Waals surface area contributed by atoms with E-state index in [2.05, 4.69) is 53.8 Å². The lowest BCUT2D eigenvalue weighted by Gasteiger charge is -2.44. The summed E-state index contributed by atoms with van der Waals surface area (Å²) >= 11 is 0. The number of fused-ring (bicyclic) bond motifs is 2. The van der Waals surface area contributed by atoms with E-state index in [0.29, 0.717) is 6.04 Å². The minimum Gasteiger partial charge on any atom is -0.504 e. The number of phenolic OH excluding ortho intramolecular Hbond substituents is 2. The van der Waals surface area contributed by atoms with E-state index in [9.17, 15) is 84.6 Å². The van der Waals surface area contributed by atoms with Crippen molar-refractivity contribution in [1.29, 1.82) is 0 Å². The Hall–Kier alpha value is -6.18. The van der Waals surface area contributed by atoms with Crippen LogP contribution in [0.15, 0.2) is 66.7 Å². The summed E-state index contributed by atoms with van der Waals surface area (Å²) in [5.74, 6) is -7.81. The molecule has 7 amide bonds. The highest BCUT2D eigenvalue weighted by Gasteiger charge is 2.50. The zero-order valence-electron chi connectivity index (χ0n) is 54.8. The van der Waals surface area contributed by atoms with E-state index < -0.39 is 183 Å². The van der Waals surface area contributed by atoms with Gasteiger partial charge in [-0.15, -0.1) is 37.2 Å². The van der Waals surface area contributed by atoms with Crippen molar-refractivity contribution in [3.63, 3.8) is 0 Å². The second-order valence-electron chi connectivity index (χ2n) is 26.7. The molecule has 4 aliphatic heterocycles. The second-order valence-corrected chi connectivity index (χ2v) is 26.7. The number of nitrogens with zero attached hydrogens (tertiary/aromatic N) is 4. The molecule has 9 rings (SSSR count). The van der Waals surface area contributed by atoms with E-state index in [0.717, 1.165) is 83.7 Å². The zero-order valence-corrected chi connectivity index (χ0v) is 57.2. The number of rotatable bonds is 17. The molecular formula is C67H99Cl3N10O17. The number of anilines is 1. The van der Waals surface area contributed by atoms with Crippen LogP contribution >= 0.6 is 37.2 Å². The van der Waals surface area contributed by atoms with Crippen LogP contribution in [0.4, 0.5) is 5.69 Å². The molecule has 27 nitrogen and oxygen atoms in total. The summed E-state index contributed by atoms with van der Waals surface area (Å²) in [6, 6.07) is 6.87. The molecule has 3 aromatic rings. The van der Waals surface area contributed by atoms with E-state index in [1.165, 1.54) is 70.8 Å². The lowest BCUT2D eigenvalue weighted by atomic mass is 9.72. The second kappa shape index (κ2) is 36.8. The Bertz CT molecular complexity index is 3080. The van der Waals surface area contributed by atoms with Crippen LogP contribution in [-0.2, 0) is 35.2 Å². The van der Waals surface area contributed by atoms with Gasteiger partial charge in [0.15, 0.2) is 11.5 Å². The number of amides is 7. The Morgan fingerprint density at radius 1 is 0.629 bits per heavy atom. The normalized spacial score (nSPS) is 28.6. The summed E-state index contributed by atoms with van der Waals surface area (Å²) in [5.41, 5.74) is 3.00. The minimum atomic E-state index is -2.11. The Kier molecular flexibility index (Phi) is 30.3. The summed E-state index contributed by atoms with van der Waals surface area (Å²) in [7, 11) is 0. The average Bonchev–Trinajstić information content (AvgIpc) is 1.67. The van der Waals surface area contributed by atoms with Crippen molar-refractivity contribution < 1.29 is 84.6 Å². The van der Waals surface area contributed by atoms with Gasteiger partial charge in [-0.05, 0) is 110 Å². The maximum atomic E-state index is 14.9. The van der Waals surface area contributed by atoms with Crippen molar-refractivity contribution in [2.45, 2.75) is 182 Å². The van der Waals surface area contributed by atoms with Gasteiger partial charge in [0, 0.05) is 88.3 Å². The summed E-state index contributed by atoms with van der Waals surface area (Å²) in [4.78, 5) is 109. The maximum absolute atomic E-state index is 14.9. The van der Waals surface area contributed by atoms with Gasteiger partial charge in [-0.25, -0.2) is 0 Å². The lowest BCUT2D eigenvalue weighted by molar-refractivity contribution is -0.147. The number of piperazine rings is 1. The highest BCUT2D eigenvalue weighted by atomic mass is 35.5. The first-order chi connectivity index (χ1) is 45.0. The van der Waals surface area contributed by atoms with Crippen LogP contribution in [-0.4, -0.2) is 258 Å². The van der Waals surface area contributed by atoms with Crippen molar-refractivity contribution in [1.82, 2.24) is 46.6 Å². The number of halogens is 3. The largest absolute Gasteiger partial charge is 0.504 e. The molecule has 4 heterocycles. The first-order valence-corrected chi connectivity index (χ1v) is 33.4. The molecule has 3 aromatic carbocycles. The van der Waals surface area contributed by atoms with E-state index in [-0.39, 0.29) is 67.9 Å². The highest BCUT2D eigenvalue weighted by Crippen LogP contribution is 2.40. The average molecular weight is 1420 g/mol. The number of carbonyl (C=O) groups excluding carboxylic acids is 7. The molecule has 4 saturated heterocycles. The van der Waals surface area contributed by atoms with Crippen LogP contribution in [0.1, 0.15) is 107 Å². The third kappa shape index (κ3) is 20.1. The number of nitrogens with one attached hydrogen (secondary N) is 6. The Morgan fingerprint density at radius 3 is 1.85 bits per heavy atom. The van der Waals surface area contributed by atoms with Gasteiger partial charge in [0.05, 0.1) is 55.9 Å². The minimum absolute atomic E-state index is 0. The summed E-state index contributed by atoms with van der Waals surface area (Å²) in [6.07, 6.45) is 0.00741. The predicted octanol–water partition coefficient (Wildman–Crippen LogP) is -0.427. The van der Waals surface area contributed by atoms with Crippen LogP contribution in [0.25, 0.3) is 11.1 Å². The van der Waals surface area contributed by atoms with Gasteiger partial charge in [0.1, 0.15) is 36.3 Å². The number of carbonyl (C=O) groups is 7. The number of benzene rings is 3. The molecule has 16 N–H and O–H groups in total. The molecule has 97 heavy (non-hydrogen) atoms. The molecule has 30 heteroatoms. The van der Waals surface area contributed by atoms with Gasteiger partial charge in [-0.1, -0.05) is 69.4 Å². The number of aromatic hydroxyl groups is 2. The van der Waals surface area contributed by atoms with Crippen LogP contribution in [0, 0.1) is 17.8 Å². The number of β-amino-alcohol motifs (C(OH)–C–C–N with tert-alkyl or cyclic N) is 1. The van der Waals surface area contributed by atoms with Gasteiger partial charge in [-0.3, -0.25) is 38.5 Å². The van der Waals surface area contributed by atoms with E-state index in [1.807, 2.05) is 12.1 Å². The summed E-state index contributed by atoms with van der Waals surface area (Å²) < 4.78 is 0. The summed E-state index contributed by atoms with van der Waals surface area (Å²) in [5, 5.41) is 124. The van der Waals surface area contributed by atoms with Crippen molar-refractivity contribution >= 4 is 84.3 Å². The quantitative estimate of drug-likeness (QED) is 0.0763. The Labute approximate surface area is 583 Å². The third-order valence-corrected chi connectivity index (χ3v) is 20.1. The monoisotopic (exact) mass is 1420 g/mol. The van der Waals surface area contributed by atoms with Gasteiger partial charge < -0.3 is 97.7 Å². The van der Waals surface area contributed by atoms with E-state index >= 15 is 0 Å². The number of phenols is 2. The third-order valence-electron chi connectivity index (χ3n) is 20.1. The molecule has 2 aliphatic carbocycles. The number of hydrogen-bond acceptors (Lipinski definition) is 20. The van der Waals surface area contributed by atoms with Crippen molar-refractivity contribution in [3.8, 4) is 22.6 Å². The van der Waals surface area contributed by atoms with Crippen LogP contribution in [0.5, 0.6) is 11.5 Å². The number of aliphatic hydroxyl groups is 8. The lowest BCUT2D eigenvalue weighted by Crippen LogP contribution is -2.64. The fraction of sp³-hybridized carbons (Fsp3) is 0.627. The smallest absolute Gasteiger partial charge is 0.251 e. The first kappa shape index (κ1) is 79.8. The van der Waals surface area contributed by atoms with E-state index in [4.69, 9.17) is 0 Å². The Morgan fingerprint density at radius 2 is 1.23 bits per heavy atom. The van der Waals surface area contributed by atoms with E-state index in [1.54, 1.807) is 24.3 Å². The molecular weight excluding hydrogens is 1320 g/mol. The predicted molar refractivity (Wildman–Crippen MR) is 365 cm³/mol. The molecule has 6 aliphatic rings. The molecule has 2 saturated carbocycles. The molecule has 0 spiro atoms. The molecule has 0 unspecified atom stereocenters. The molecule has 13 atom stereocenters. The number of aliphatic hydroxyl groups excluding tert-OH is 8. The van der Waals surface area contributed by atoms with Crippen molar-refractivity contribution in [2.75, 3.05) is 70.5 Å². The SMILES string of the molecule is C[C@@H](O)[C@@H]1NC(=O)[C@@H](NC(=O)c2ccc(-c3ccc(N4CCN(C5CCC(C6CCCCC6)CC5)CC4)cc3)cc2)C[C@@H](O)CNC(=O)[C@@H]2[C@@H](O)[C@@H](C)CN2C(=O)[C@H]([C@H](O)CCNC(CO)CO)NC(=O)[C@H]([C@H](O)Cc2ccc(O)c(O)c2)NC(=O)[C@@H]2C[C@@H](O)CN2C1=O.Cl.Cl.Cl. The fourth-order valence-corrected chi connectivity index (χ4v) is 14.6. The number of hydrogen-bond donors (Lipinski definition) is 16. The topological polar surface area (TPSA) is 407 Å². The van der Waals surface area contributed by atoms with Crippen molar-refractivity contribution in [3.05, 3.63) is 77.9 Å². The molecule has 6 fully saturated rings. The van der Waals surface area contributed by atoms with Gasteiger partial charge in [-0.2, -0.15) is 0 Å². The molecule has 0 bridgehead atoms.